The Kier molecular flexibility index (Phi) is 11.1. The smallest absolute Gasteiger partial charge is 0.432 e. The van der Waals surface area contributed by atoms with Crippen molar-refractivity contribution in [3.05, 3.63) is 35.4 Å². The van der Waals surface area contributed by atoms with E-state index in [1.807, 2.05) is 12.1 Å². The molecule has 0 spiro atoms. The largest absolute Gasteiger partial charge is 0.543 e. The van der Waals surface area contributed by atoms with E-state index in [0.717, 1.165) is 24.8 Å². The van der Waals surface area contributed by atoms with Crippen LogP contribution in [0.1, 0.15) is 87.6 Å². The molecular weight excluding hydrogens is 336 g/mol. The molecule has 1 aromatic rings. The minimum Gasteiger partial charge on any atom is -0.432 e. The van der Waals surface area contributed by atoms with Gasteiger partial charge in [0.25, 0.3) is 0 Å². The summed E-state index contributed by atoms with van der Waals surface area (Å²) in [5.41, 5.74) is 1.40. The predicted molar refractivity (Wildman–Crippen MR) is 97.5 cm³/mol. The van der Waals surface area contributed by atoms with Gasteiger partial charge in [-0.05, 0) is 30.0 Å². The van der Waals surface area contributed by atoms with Crippen LogP contribution in [-0.2, 0) is 19.6 Å². The van der Waals surface area contributed by atoms with Crippen LogP contribution in [0.25, 0.3) is 0 Å². The number of rotatable bonds is 12. The zero-order valence-electron chi connectivity index (χ0n) is 16.0. The van der Waals surface area contributed by atoms with Crippen molar-refractivity contribution in [2.45, 2.75) is 71.6 Å². The lowest BCUT2D eigenvalue weighted by Gasteiger charge is -2.06. The molecule has 1 rings (SSSR count). The summed E-state index contributed by atoms with van der Waals surface area (Å²) in [5.74, 6) is -0.383. The summed E-state index contributed by atoms with van der Waals surface area (Å²) < 4.78 is 4.82. The fraction of sp³-hybridized carbons (Fsp3) is 0.600. The number of hydrogen-bond donors (Lipinski definition) is 0. The van der Waals surface area contributed by atoms with Crippen molar-refractivity contribution in [3.8, 4) is 0 Å². The maximum Gasteiger partial charge on any atom is 0.543 e. The van der Waals surface area contributed by atoms with Crippen LogP contribution < -0.4 is 0 Å². The predicted octanol–water partition coefficient (Wildman–Crippen LogP) is 5.72. The summed E-state index contributed by atoms with van der Waals surface area (Å²) in [4.78, 5) is 31.7. The number of unbranched alkanes of at least 4 members (excludes halogenated alkanes) is 6. The Balaban J connectivity index is 2.09. The summed E-state index contributed by atoms with van der Waals surface area (Å²) in [7, 11) is 0. The lowest BCUT2D eigenvalue weighted by atomic mass is 10.0. The van der Waals surface area contributed by atoms with Gasteiger partial charge in [-0.15, -0.1) is 0 Å². The Labute approximate surface area is 155 Å². The molecule has 0 aliphatic carbocycles. The summed E-state index contributed by atoms with van der Waals surface area (Å²) in [6, 6.07) is 6.91. The van der Waals surface area contributed by atoms with Crippen molar-refractivity contribution in [1.82, 2.24) is 0 Å². The van der Waals surface area contributed by atoms with Crippen LogP contribution in [0.3, 0.4) is 0 Å². The van der Waals surface area contributed by atoms with E-state index in [0.29, 0.717) is 11.5 Å². The summed E-state index contributed by atoms with van der Waals surface area (Å²) in [6.45, 7) is 6.55. The van der Waals surface area contributed by atoms with E-state index >= 15 is 0 Å². The van der Waals surface area contributed by atoms with E-state index < -0.39 is 12.1 Å². The standard InChI is InChI=1S/C20H30O6/c1-4-5-6-7-8-9-10-15-23-20(22)25-26-24-19(21)18-13-11-17(12-14-18)16(2)3/h11-14,16H,4-10,15H2,1-3H3. The molecular formula is C20H30O6. The maximum absolute atomic E-state index is 11.7. The average Bonchev–Trinajstić information content (AvgIpc) is 2.64. The van der Waals surface area contributed by atoms with Gasteiger partial charge < -0.3 is 4.74 Å². The van der Waals surface area contributed by atoms with E-state index in [1.165, 1.54) is 25.7 Å². The van der Waals surface area contributed by atoms with Gasteiger partial charge in [-0.1, -0.05) is 71.4 Å². The molecule has 1 aromatic carbocycles. The molecule has 0 saturated heterocycles. The van der Waals surface area contributed by atoms with Gasteiger partial charge >= 0.3 is 12.1 Å². The minimum atomic E-state index is -1.03. The SMILES string of the molecule is CCCCCCCCCOC(=O)OOOC(=O)c1ccc(C(C)C)cc1. The number of hydrogen-bond acceptors (Lipinski definition) is 6. The highest BCUT2D eigenvalue weighted by Crippen LogP contribution is 2.15. The Bertz CT molecular complexity index is 524. The van der Waals surface area contributed by atoms with Gasteiger partial charge in [-0.2, -0.15) is 0 Å². The highest BCUT2D eigenvalue weighted by molar-refractivity contribution is 5.88. The molecule has 0 aromatic heterocycles. The van der Waals surface area contributed by atoms with Crippen molar-refractivity contribution < 1.29 is 29.1 Å². The van der Waals surface area contributed by atoms with Crippen LogP contribution in [0.5, 0.6) is 0 Å². The Morgan fingerprint density at radius 2 is 1.50 bits per heavy atom. The van der Waals surface area contributed by atoms with Gasteiger partial charge in [-0.3, -0.25) is 4.89 Å². The lowest BCUT2D eigenvalue weighted by molar-refractivity contribution is -0.452. The van der Waals surface area contributed by atoms with Crippen molar-refractivity contribution in [2.24, 2.45) is 0 Å². The Morgan fingerprint density at radius 3 is 2.12 bits per heavy atom. The second-order valence-electron chi connectivity index (χ2n) is 6.52. The van der Waals surface area contributed by atoms with Crippen LogP contribution >= 0.6 is 0 Å². The number of ether oxygens (including phenoxy) is 1. The summed E-state index contributed by atoms with van der Waals surface area (Å²) >= 11 is 0. The van der Waals surface area contributed by atoms with E-state index in [4.69, 9.17) is 4.74 Å². The van der Waals surface area contributed by atoms with E-state index in [-0.39, 0.29) is 6.61 Å². The van der Waals surface area contributed by atoms with E-state index in [2.05, 4.69) is 35.6 Å². The molecule has 6 nitrogen and oxygen atoms in total. The summed E-state index contributed by atoms with van der Waals surface area (Å²) in [6.07, 6.45) is 6.81. The lowest BCUT2D eigenvalue weighted by Crippen LogP contribution is -2.12. The normalized spacial score (nSPS) is 10.6. The third-order valence-electron chi connectivity index (χ3n) is 3.99. The first-order valence-electron chi connectivity index (χ1n) is 9.36. The third-order valence-corrected chi connectivity index (χ3v) is 3.99. The van der Waals surface area contributed by atoms with Gasteiger partial charge in [0.15, 0.2) is 0 Å². The second-order valence-corrected chi connectivity index (χ2v) is 6.52. The minimum absolute atomic E-state index is 0.251. The molecule has 0 saturated carbocycles. The molecule has 146 valence electrons. The average molecular weight is 366 g/mol. The summed E-state index contributed by atoms with van der Waals surface area (Å²) in [5, 5.41) is 4.19. The highest BCUT2D eigenvalue weighted by Gasteiger charge is 2.12. The van der Waals surface area contributed by atoms with Crippen LogP contribution in [0.4, 0.5) is 4.79 Å². The molecule has 0 N–H and O–H groups in total. The first kappa shape index (κ1) is 22.0. The highest BCUT2D eigenvalue weighted by atomic mass is 17.5. The van der Waals surface area contributed by atoms with E-state index in [1.54, 1.807) is 12.1 Å². The zero-order valence-corrected chi connectivity index (χ0v) is 16.0. The van der Waals surface area contributed by atoms with Gasteiger partial charge in [0.2, 0.25) is 0 Å². The molecule has 0 amide bonds. The molecule has 0 atom stereocenters. The first-order chi connectivity index (χ1) is 12.5. The Hall–Kier alpha value is -2.08. The second kappa shape index (κ2) is 13.2. The fourth-order valence-electron chi connectivity index (χ4n) is 2.37. The fourth-order valence-corrected chi connectivity index (χ4v) is 2.37. The third kappa shape index (κ3) is 9.42. The molecule has 0 aliphatic heterocycles. The molecule has 0 radical (unpaired) electrons. The van der Waals surface area contributed by atoms with Gasteiger partial charge in [0.05, 0.1) is 17.2 Å². The van der Waals surface area contributed by atoms with Crippen LogP contribution in [0.2, 0.25) is 0 Å². The number of carbonyl (C=O) groups excluding carboxylic acids is 2. The quantitative estimate of drug-likeness (QED) is 0.204. The number of carbonyl (C=O) groups is 2. The maximum atomic E-state index is 11.7. The van der Waals surface area contributed by atoms with Crippen molar-refractivity contribution in [2.75, 3.05) is 6.61 Å². The molecule has 0 heterocycles. The number of benzene rings is 1. The molecule has 0 fully saturated rings. The zero-order chi connectivity index (χ0) is 19.2. The monoisotopic (exact) mass is 366 g/mol. The van der Waals surface area contributed by atoms with Crippen molar-refractivity contribution in [1.29, 1.82) is 0 Å². The topological polar surface area (TPSA) is 71.1 Å². The first-order valence-corrected chi connectivity index (χ1v) is 9.36. The van der Waals surface area contributed by atoms with Gasteiger partial charge in [0.1, 0.15) is 0 Å². The molecule has 0 unspecified atom stereocenters. The Morgan fingerprint density at radius 1 is 0.885 bits per heavy atom. The van der Waals surface area contributed by atoms with Gasteiger partial charge in [-0.25, -0.2) is 14.5 Å². The molecule has 0 bridgehead atoms. The van der Waals surface area contributed by atoms with Crippen LogP contribution in [0.15, 0.2) is 24.3 Å². The molecule has 6 heteroatoms. The molecule has 26 heavy (non-hydrogen) atoms. The van der Waals surface area contributed by atoms with Crippen LogP contribution in [-0.4, -0.2) is 18.7 Å². The van der Waals surface area contributed by atoms with Crippen molar-refractivity contribution in [3.63, 3.8) is 0 Å². The van der Waals surface area contributed by atoms with Gasteiger partial charge in [0, 0.05) is 0 Å². The van der Waals surface area contributed by atoms with Crippen LogP contribution in [0, 0.1) is 0 Å². The molecule has 0 aliphatic rings. The van der Waals surface area contributed by atoms with Crippen molar-refractivity contribution >= 4 is 12.1 Å². The van der Waals surface area contributed by atoms with E-state index in [9.17, 15) is 9.59 Å².